The Hall–Kier alpha value is -2.06. The molecule has 0 saturated heterocycles. The van der Waals surface area contributed by atoms with Gasteiger partial charge in [0.05, 0.1) is 0 Å². The van der Waals surface area contributed by atoms with Crippen molar-refractivity contribution in [3.05, 3.63) is 35.9 Å². The van der Waals surface area contributed by atoms with Gasteiger partial charge < -0.3 is 0 Å². The van der Waals surface area contributed by atoms with Gasteiger partial charge in [0.2, 0.25) is 0 Å². The number of carbonyl (C=O) groups is 2. The number of nitrogens with one attached hydrogen (secondary N) is 2. The summed E-state index contributed by atoms with van der Waals surface area (Å²) >= 11 is 0. The van der Waals surface area contributed by atoms with Crippen molar-refractivity contribution < 1.29 is 24.1 Å². The third kappa shape index (κ3) is 7.48. The first-order chi connectivity index (χ1) is 11.6. The van der Waals surface area contributed by atoms with Crippen molar-refractivity contribution in [2.45, 2.75) is 38.5 Å². The first kappa shape index (κ1) is 20.0. The molecular formula is C16H23BN2O5. The van der Waals surface area contributed by atoms with E-state index in [0.29, 0.717) is 13.6 Å². The molecule has 3 N–H and O–H groups in total. The van der Waals surface area contributed by atoms with Crippen molar-refractivity contribution in [3.63, 3.8) is 0 Å². The van der Waals surface area contributed by atoms with E-state index < -0.39 is 24.0 Å². The Morgan fingerprint density at radius 2 is 2.00 bits per heavy atom. The third-order valence-electron chi connectivity index (χ3n) is 3.36. The van der Waals surface area contributed by atoms with Crippen LogP contribution in [0.1, 0.15) is 25.3 Å². The Morgan fingerprint density at radius 3 is 2.62 bits per heavy atom. The molecule has 1 aromatic carbocycles. The summed E-state index contributed by atoms with van der Waals surface area (Å²) in [6.45, 7) is 1.70. The SMILES string of the molecule is CCCC(NCB=O)C(O)C(=O)NCC(=O)OCc1ccccc1. The Kier molecular flexibility index (Phi) is 9.56. The van der Waals surface area contributed by atoms with Crippen LogP contribution >= 0.6 is 0 Å². The maximum atomic E-state index is 11.9. The van der Waals surface area contributed by atoms with Crippen molar-refractivity contribution in [1.29, 1.82) is 0 Å². The zero-order valence-electron chi connectivity index (χ0n) is 13.7. The van der Waals surface area contributed by atoms with Gasteiger partial charge in [-0.3, -0.25) is 0 Å². The number of hydrogen-bond acceptors (Lipinski definition) is 6. The maximum absolute atomic E-state index is 11.9. The molecule has 0 fully saturated rings. The predicted molar refractivity (Wildman–Crippen MR) is 88.4 cm³/mol. The number of aliphatic hydroxyl groups excluding tert-OH is 1. The smallest absolute Gasteiger partial charge is 0.0622 e. The first-order valence-electron chi connectivity index (χ1n) is 7.90. The molecule has 0 aliphatic carbocycles. The van der Waals surface area contributed by atoms with Gasteiger partial charge in [0.25, 0.3) is 0 Å². The minimum absolute atomic E-state index is 0.0497. The average molecular weight is 334 g/mol. The van der Waals surface area contributed by atoms with Gasteiger partial charge in [0, 0.05) is 0 Å². The van der Waals surface area contributed by atoms with Crippen LogP contribution < -0.4 is 10.6 Å². The number of amides is 1. The summed E-state index contributed by atoms with van der Waals surface area (Å²) in [4.78, 5) is 23.5. The third-order valence-corrected chi connectivity index (χ3v) is 3.36. The van der Waals surface area contributed by atoms with E-state index in [1.54, 1.807) is 0 Å². The van der Waals surface area contributed by atoms with Crippen molar-refractivity contribution in [2.75, 3.05) is 13.0 Å². The molecule has 0 aliphatic heterocycles. The normalized spacial score (nSPS) is 12.8. The van der Waals surface area contributed by atoms with E-state index in [1.165, 1.54) is 0 Å². The molecule has 0 aliphatic rings. The second-order valence-corrected chi connectivity index (χ2v) is 5.28. The zero-order valence-corrected chi connectivity index (χ0v) is 13.7. The second-order valence-electron chi connectivity index (χ2n) is 5.28. The van der Waals surface area contributed by atoms with Crippen molar-refractivity contribution in [1.82, 2.24) is 10.6 Å². The van der Waals surface area contributed by atoms with Crippen LogP contribution in [-0.4, -0.2) is 49.3 Å². The van der Waals surface area contributed by atoms with Crippen molar-refractivity contribution in [2.24, 2.45) is 0 Å². The second kappa shape index (κ2) is 11.5. The minimum Gasteiger partial charge on any atom is -0.0622 e. The fourth-order valence-corrected chi connectivity index (χ4v) is 2.12. The van der Waals surface area contributed by atoms with Crippen molar-refractivity contribution >= 4 is 19.0 Å². The van der Waals surface area contributed by atoms with E-state index in [9.17, 15) is 19.4 Å². The molecule has 0 bridgehead atoms. The first-order valence-corrected chi connectivity index (χ1v) is 7.90. The van der Waals surface area contributed by atoms with Crippen LogP contribution in [0.15, 0.2) is 30.3 Å². The average Bonchev–Trinajstić information content (AvgIpc) is 2.61. The molecule has 0 radical (unpaired) electrons. The van der Waals surface area contributed by atoms with Crippen LogP contribution in [0.5, 0.6) is 0 Å². The van der Waals surface area contributed by atoms with E-state index in [0.717, 1.165) is 12.0 Å². The number of esters is 1. The molecule has 7 nitrogen and oxygen atoms in total. The van der Waals surface area contributed by atoms with Crippen LogP contribution in [0.4, 0.5) is 0 Å². The number of benzene rings is 1. The quantitative estimate of drug-likeness (QED) is 0.388. The summed E-state index contributed by atoms with van der Waals surface area (Å²) in [6.07, 6.45) is -0.0264. The molecule has 1 rings (SSSR count). The summed E-state index contributed by atoms with van der Waals surface area (Å²) in [7, 11) is 0.661. The molecule has 0 aromatic heterocycles. The number of carbonyl (C=O) groups excluding carboxylic acids is 2. The molecule has 1 aromatic rings. The molecule has 0 heterocycles. The summed E-state index contributed by atoms with van der Waals surface area (Å²) in [5.41, 5.74) is 0.846. The van der Waals surface area contributed by atoms with E-state index in [2.05, 4.69) is 10.6 Å². The minimum atomic E-state index is -1.34. The van der Waals surface area contributed by atoms with Gasteiger partial charge in [-0.1, -0.05) is 18.2 Å². The van der Waals surface area contributed by atoms with E-state index in [-0.39, 0.29) is 19.6 Å². The molecular weight excluding hydrogens is 311 g/mol. The zero-order chi connectivity index (χ0) is 17.8. The van der Waals surface area contributed by atoms with Gasteiger partial charge >= 0.3 is 123 Å². The monoisotopic (exact) mass is 334 g/mol. The number of aliphatic hydroxyl groups is 1. The van der Waals surface area contributed by atoms with Gasteiger partial charge in [-0.15, -0.1) is 0 Å². The number of rotatable bonds is 11. The summed E-state index contributed by atoms with van der Waals surface area (Å²) in [5.74, 6) is -1.27. The van der Waals surface area contributed by atoms with Gasteiger partial charge in [0.1, 0.15) is 0 Å². The topological polar surface area (TPSA) is 105 Å². The molecule has 2 unspecified atom stereocenters. The van der Waals surface area contributed by atoms with Crippen molar-refractivity contribution in [3.8, 4) is 0 Å². The molecule has 0 saturated carbocycles. The van der Waals surface area contributed by atoms with Crippen LogP contribution in [-0.2, 0) is 25.6 Å². The fraction of sp³-hybridized carbons (Fsp3) is 0.500. The van der Waals surface area contributed by atoms with E-state index >= 15 is 0 Å². The predicted octanol–water partition coefficient (Wildman–Crippen LogP) is -0.0276. The van der Waals surface area contributed by atoms with Gasteiger partial charge in [-0.2, -0.15) is 0 Å². The van der Waals surface area contributed by atoms with Gasteiger partial charge in [-0.05, 0) is 0 Å². The molecule has 24 heavy (non-hydrogen) atoms. The Balaban J connectivity index is 2.36. The van der Waals surface area contributed by atoms with E-state index in [4.69, 9.17) is 4.74 Å². The summed E-state index contributed by atoms with van der Waals surface area (Å²) in [5, 5.41) is 15.1. The van der Waals surface area contributed by atoms with Crippen LogP contribution in [0.25, 0.3) is 0 Å². The number of hydrogen-bond donors (Lipinski definition) is 3. The molecule has 8 heteroatoms. The molecule has 2 atom stereocenters. The number of ether oxygens (including phenoxy) is 1. The molecule has 1 amide bonds. The Morgan fingerprint density at radius 1 is 1.29 bits per heavy atom. The van der Waals surface area contributed by atoms with Gasteiger partial charge in [0.15, 0.2) is 0 Å². The summed E-state index contributed by atoms with van der Waals surface area (Å²) in [6, 6.07) is 8.63. The Bertz CT molecular complexity index is 526. The van der Waals surface area contributed by atoms with E-state index in [1.807, 2.05) is 37.3 Å². The molecule has 0 spiro atoms. The van der Waals surface area contributed by atoms with Crippen LogP contribution in [0.3, 0.4) is 0 Å². The van der Waals surface area contributed by atoms with Crippen LogP contribution in [0, 0.1) is 0 Å². The summed E-state index contributed by atoms with van der Waals surface area (Å²) < 4.78 is 15.4. The standard InChI is InChI=1S/C16H23BN2O5/c1-2-6-13(19-11-17-23)15(21)16(22)18-9-14(20)24-10-12-7-4-3-5-8-12/h3-5,7-8,13,15,19,21H,2,6,9-11H2,1H3,(H,18,22). The van der Waals surface area contributed by atoms with Gasteiger partial charge in [-0.25, -0.2) is 0 Å². The van der Waals surface area contributed by atoms with Crippen LogP contribution in [0.2, 0.25) is 0 Å². The Labute approximate surface area is 142 Å². The fourth-order valence-electron chi connectivity index (χ4n) is 2.12. The molecule has 130 valence electrons.